The van der Waals surface area contributed by atoms with Crippen LogP contribution in [0.25, 0.3) is 0 Å². The number of aromatic nitrogens is 3. The Morgan fingerprint density at radius 2 is 2.28 bits per heavy atom. The molecule has 0 bridgehead atoms. The molecule has 0 saturated carbocycles. The Kier molecular flexibility index (Phi) is 3.22. The number of nitrogens with zero attached hydrogens (tertiary/aromatic N) is 4. The van der Waals surface area contributed by atoms with Crippen LogP contribution in [0.1, 0.15) is 17.7 Å². The van der Waals surface area contributed by atoms with Crippen molar-refractivity contribution in [3.05, 3.63) is 34.7 Å². The van der Waals surface area contributed by atoms with Gasteiger partial charge in [0.25, 0.3) is 0 Å². The minimum absolute atomic E-state index is 0.507. The van der Waals surface area contributed by atoms with Gasteiger partial charge in [0.1, 0.15) is 5.76 Å². The van der Waals surface area contributed by atoms with Crippen LogP contribution in [0, 0.1) is 6.92 Å². The molecule has 0 amide bonds. The number of aryl methyl sites for hydroxylation is 1. The van der Waals surface area contributed by atoms with E-state index in [-0.39, 0.29) is 0 Å². The molecule has 1 saturated heterocycles. The maximum Gasteiger partial charge on any atom is 0.191 e. The minimum atomic E-state index is 0.507. The third kappa shape index (κ3) is 2.49. The Labute approximate surface area is 114 Å². The standard InChI is InChI=1S/C12H15BrN4O/c1-9-14-5-12(18-9)2-3-16-7-11(8-16)17-6-10(13)4-15-17/h4-6,11H,2-3,7-8H2,1H3. The summed E-state index contributed by atoms with van der Waals surface area (Å²) >= 11 is 3.42. The zero-order valence-electron chi connectivity index (χ0n) is 10.2. The zero-order valence-corrected chi connectivity index (χ0v) is 11.8. The summed E-state index contributed by atoms with van der Waals surface area (Å²) in [6.45, 7) is 5.01. The molecule has 3 rings (SSSR count). The molecular formula is C12H15BrN4O. The van der Waals surface area contributed by atoms with E-state index in [1.807, 2.05) is 30.2 Å². The maximum absolute atomic E-state index is 5.46. The van der Waals surface area contributed by atoms with E-state index in [9.17, 15) is 0 Å². The van der Waals surface area contributed by atoms with Crippen molar-refractivity contribution in [1.82, 2.24) is 19.7 Å². The first-order valence-electron chi connectivity index (χ1n) is 6.04. The van der Waals surface area contributed by atoms with Crippen molar-refractivity contribution in [3.8, 4) is 0 Å². The van der Waals surface area contributed by atoms with E-state index in [1.165, 1.54) is 0 Å². The van der Waals surface area contributed by atoms with Gasteiger partial charge in [-0.15, -0.1) is 0 Å². The Morgan fingerprint density at radius 3 is 2.89 bits per heavy atom. The third-order valence-electron chi connectivity index (χ3n) is 3.23. The van der Waals surface area contributed by atoms with Crippen molar-refractivity contribution >= 4 is 15.9 Å². The lowest BCUT2D eigenvalue weighted by atomic mass is 10.1. The molecule has 2 aromatic heterocycles. The molecule has 3 heterocycles. The zero-order chi connectivity index (χ0) is 12.5. The maximum atomic E-state index is 5.46. The van der Waals surface area contributed by atoms with Crippen LogP contribution in [0.2, 0.25) is 0 Å². The quantitative estimate of drug-likeness (QED) is 0.867. The molecule has 0 aliphatic carbocycles. The van der Waals surface area contributed by atoms with E-state index >= 15 is 0 Å². The molecule has 0 radical (unpaired) electrons. The van der Waals surface area contributed by atoms with Gasteiger partial charge in [-0.05, 0) is 15.9 Å². The van der Waals surface area contributed by atoms with Gasteiger partial charge in [-0.2, -0.15) is 5.10 Å². The molecule has 96 valence electrons. The first-order valence-corrected chi connectivity index (χ1v) is 6.83. The van der Waals surface area contributed by atoms with Crippen LogP contribution in [0.4, 0.5) is 0 Å². The number of oxazole rings is 1. The van der Waals surface area contributed by atoms with E-state index in [0.717, 1.165) is 42.2 Å². The highest BCUT2D eigenvalue weighted by Gasteiger charge is 2.28. The molecule has 18 heavy (non-hydrogen) atoms. The van der Waals surface area contributed by atoms with Crippen molar-refractivity contribution in [2.45, 2.75) is 19.4 Å². The highest BCUT2D eigenvalue weighted by atomic mass is 79.9. The minimum Gasteiger partial charge on any atom is -0.446 e. The first-order chi connectivity index (χ1) is 8.70. The van der Waals surface area contributed by atoms with Crippen molar-refractivity contribution in [2.24, 2.45) is 0 Å². The predicted octanol–water partition coefficient (Wildman–Crippen LogP) is 2.04. The average molecular weight is 311 g/mol. The second-order valence-electron chi connectivity index (χ2n) is 4.65. The topological polar surface area (TPSA) is 47.1 Å². The normalized spacial score (nSPS) is 17.0. The van der Waals surface area contributed by atoms with Crippen LogP contribution in [0.5, 0.6) is 0 Å². The molecule has 0 atom stereocenters. The predicted molar refractivity (Wildman–Crippen MR) is 70.3 cm³/mol. The summed E-state index contributed by atoms with van der Waals surface area (Å²) in [5.74, 6) is 1.71. The second kappa shape index (κ2) is 4.85. The second-order valence-corrected chi connectivity index (χ2v) is 5.56. The Morgan fingerprint density at radius 1 is 1.44 bits per heavy atom. The molecule has 0 spiro atoms. The van der Waals surface area contributed by atoms with E-state index in [1.54, 1.807) is 0 Å². The molecular weight excluding hydrogens is 296 g/mol. The molecule has 6 heteroatoms. The van der Waals surface area contributed by atoms with Crippen LogP contribution in [-0.2, 0) is 6.42 Å². The molecule has 5 nitrogen and oxygen atoms in total. The summed E-state index contributed by atoms with van der Waals surface area (Å²) in [6.07, 6.45) is 6.61. The first kappa shape index (κ1) is 11.9. The molecule has 2 aromatic rings. The van der Waals surface area contributed by atoms with Crippen LogP contribution in [0.15, 0.2) is 27.5 Å². The lowest BCUT2D eigenvalue weighted by Gasteiger charge is -2.39. The Balaban J connectivity index is 1.45. The number of likely N-dealkylation sites (tertiary alicyclic amines) is 1. The van der Waals surface area contributed by atoms with Crippen molar-refractivity contribution in [1.29, 1.82) is 0 Å². The molecule has 0 unspecified atom stereocenters. The number of hydrogen-bond acceptors (Lipinski definition) is 4. The molecule has 0 aromatic carbocycles. The highest BCUT2D eigenvalue weighted by molar-refractivity contribution is 9.10. The van der Waals surface area contributed by atoms with E-state index in [2.05, 4.69) is 30.9 Å². The number of hydrogen-bond donors (Lipinski definition) is 0. The smallest absolute Gasteiger partial charge is 0.191 e. The fraction of sp³-hybridized carbons (Fsp3) is 0.500. The molecule has 0 N–H and O–H groups in total. The van der Waals surface area contributed by atoms with Gasteiger partial charge in [0, 0.05) is 39.2 Å². The number of halogens is 1. The van der Waals surface area contributed by atoms with Crippen LogP contribution in [0.3, 0.4) is 0 Å². The molecule has 1 fully saturated rings. The van der Waals surface area contributed by atoms with E-state index in [4.69, 9.17) is 4.42 Å². The fourth-order valence-electron chi connectivity index (χ4n) is 2.20. The van der Waals surface area contributed by atoms with Gasteiger partial charge < -0.3 is 4.42 Å². The van der Waals surface area contributed by atoms with Crippen LogP contribution < -0.4 is 0 Å². The Hall–Kier alpha value is -1.14. The van der Waals surface area contributed by atoms with Gasteiger partial charge in [0.2, 0.25) is 0 Å². The van der Waals surface area contributed by atoms with Gasteiger partial charge >= 0.3 is 0 Å². The summed E-state index contributed by atoms with van der Waals surface area (Å²) in [5.41, 5.74) is 0. The lowest BCUT2D eigenvalue weighted by molar-refractivity contribution is 0.0983. The Bertz CT molecular complexity index is 527. The van der Waals surface area contributed by atoms with Gasteiger partial charge in [-0.25, -0.2) is 4.98 Å². The van der Waals surface area contributed by atoms with Gasteiger partial charge in [0.05, 0.1) is 22.9 Å². The van der Waals surface area contributed by atoms with Gasteiger partial charge in [-0.3, -0.25) is 9.58 Å². The van der Waals surface area contributed by atoms with Crippen LogP contribution in [-0.4, -0.2) is 39.3 Å². The highest BCUT2D eigenvalue weighted by Crippen LogP contribution is 2.22. The summed E-state index contributed by atoms with van der Waals surface area (Å²) < 4.78 is 8.52. The van der Waals surface area contributed by atoms with E-state index < -0.39 is 0 Å². The number of rotatable bonds is 4. The summed E-state index contributed by atoms with van der Waals surface area (Å²) in [7, 11) is 0. The van der Waals surface area contributed by atoms with Gasteiger partial charge in [-0.1, -0.05) is 0 Å². The largest absolute Gasteiger partial charge is 0.446 e. The van der Waals surface area contributed by atoms with E-state index in [0.29, 0.717) is 6.04 Å². The summed E-state index contributed by atoms with van der Waals surface area (Å²) in [6, 6.07) is 0.507. The fourth-order valence-corrected chi connectivity index (χ4v) is 2.50. The van der Waals surface area contributed by atoms with Crippen LogP contribution >= 0.6 is 15.9 Å². The summed E-state index contributed by atoms with van der Waals surface area (Å²) in [5, 5.41) is 4.31. The molecule has 1 aliphatic rings. The molecule has 1 aliphatic heterocycles. The lowest BCUT2D eigenvalue weighted by Crippen LogP contribution is -2.48. The monoisotopic (exact) mass is 310 g/mol. The average Bonchev–Trinajstić information content (AvgIpc) is 2.86. The SMILES string of the molecule is Cc1ncc(CCN2CC(n3cc(Br)cn3)C2)o1. The summed E-state index contributed by atoms with van der Waals surface area (Å²) in [4.78, 5) is 6.50. The van der Waals surface area contributed by atoms with Crippen molar-refractivity contribution in [3.63, 3.8) is 0 Å². The van der Waals surface area contributed by atoms with Crippen molar-refractivity contribution < 1.29 is 4.42 Å². The third-order valence-corrected chi connectivity index (χ3v) is 3.64. The van der Waals surface area contributed by atoms with Crippen molar-refractivity contribution in [2.75, 3.05) is 19.6 Å². The van der Waals surface area contributed by atoms with Gasteiger partial charge in [0.15, 0.2) is 5.89 Å².